The topological polar surface area (TPSA) is 99.3 Å². The van der Waals surface area contributed by atoms with Gasteiger partial charge in [0.25, 0.3) is 0 Å². The van der Waals surface area contributed by atoms with Gasteiger partial charge in [-0.3, -0.25) is 4.79 Å². The number of amides is 2. The van der Waals surface area contributed by atoms with E-state index in [0.29, 0.717) is 45.0 Å². The second-order valence-corrected chi connectivity index (χ2v) is 10.7. The van der Waals surface area contributed by atoms with Crippen LogP contribution in [0.1, 0.15) is 34.6 Å². The molecular formula is C21H33ClN4O5S. The SMILES string of the molecule is CCN(CC)S(=O)(=O)c1cc(NCC(=O)N2CCN(C(=O)OC(C)(C)C)CC2)ccc1Cl. The van der Waals surface area contributed by atoms with Crippen LogP contribution in [-0.2, 0) is 19.6 Å². The highest BCUT2D eigenvalue weighted by Gasteiger charge is 2.28. The number of benzene rings is 1. The van der Waals surface area contributed by atoms with Crippen LogP contribution in [0.4, 0.5) is 10.5 Å². The maximum Gasteiger partial charge on any atom is 0.410 e. The lowest BCUT2D eigenvalue weighted by molar-refractivity contribution is -0.131. The van der Waals surface area contributed by atoms with E-state index in [-0.39, 0.29) is 28.5 Å². The Bertz CT molecular complexity index is 921. The Labute approximate surface area is 195 Å². The van der Waals surface area contributed by atoms with Crippen LogP contribution in [0.25, 0.3) is 0 Å². The fourth-order valence-corrected chi connectivity index (χ4v) is 5.23. The van der Waals surface area contributed by atoms with Crippen molar-refractivity contribution in [1.29, 1.82) is 0 Å². The highest BCUT2D eigenvalue weighted by atomic mass is 35.5. The monoisotopic (exact) mass is 488 g/mol. The molecule has 1 aliphatic heterocycles. The van der Waals surface area contributed by atoms with E-state index in [0.717, 1.165) is 0 Å². The van der Waals surface area contributed by atoms with Crippen LogP contribution in [0.15, 0.2) is 23.1 Å². The Morgan fingerprint density at radius 1 is 1.09 bits per heavy atom. The molecule has 32 heavy (non-hydrogen) atoms. The Kier molecular flexibility index (Phi) is 8.78. The Morgan fingerprint density at radius 2 is 1.66 bits per heavy atom. The van der Waals surface area contributed by atoms with Crippen molar-refractivity contribution >= 4 is 39.3 Å². The number of nitrogens with zero attached hydrogens (tertiary/aromatic N) is 3. The third kappa shape index (κ3) is 6.73. The maximum atomic E-state index is 12.8. The molecule has 0 aromatic heterocycles. The molecule has 0 radical (unpaired) electrons. The van der Waals surface area contributed by atoms with Gasteiger partial charge in [-0.1, -0.05) is 25.4 Å². The summed E-state index contributed by atoms with van der Waals surface area (Å²) in [6.07, 6.45) is -0.383. The summed E-state index contributed by atoms with van der Waals surface area (Å²) < 4.78 is 32.3. The van der Waals surface area contributed by atoms with Gasteiger partial charge in [0.15, 0.2) is 0 Å². The maximum absolute atomic E-state index is 12.8. The molecule has 0 bridgehead atoms. The van der Waals surface area contributed by atoms with E-state index in [1.54, 1.807) is 29.7 Å². The van der Waals surface area contributed by atoms with Crippen LogP contribution in [0.2, 0.25) is 5.02 Å². The van der Waals surface area contributed by atoms with Crippen LogP contribution in [0, 0.1) is 0 Å². The van der Waals surface area contributed by atoms with Gasteiger partial charge < -0.3 is 19.9 Å². The number of nitrogens with one attached hydrogen (secondary N) is 1. The van der Waals surface area contributed by atoms with Crippen molar-refractivity contribution < 1.29 is 22.7 Å². The zero-order chi connectivity index (χ0) is 24.1. The lowest BCUT2D eigenvalue weighted by atomic mass is 10.2. The van der Waals surface area contributed by atoms with Gasteiger partial charge in [-0.2, -0.15) is 4.31 Å². The Hall–Kier alpha value is -2.04. The Morgan fingerprint density at radius 3 is 2.19 bits per heavy atom. The summed E-state index contributed by atoms with van der Waals surface area (Å²) in [5.41, 5.74) is -0.0784. The molecule has 1 aliphatic rings. The molecule has 2 rings (SSSR count). The smallest absolute Gasteiger partial charge is 0.410 e. The van der Waals surface area contributed by atoms with Gasteiger partial charge in [0.2, 0.25) is 15.9 Å². The van der Waals surface area contributed by atoms with E-state index in [9.17, 15) is 18.0 Å². The van der Waals surface area contributed by atoms with Gasteiger partial charge in [-0.05, 0) is 39.0 Å². The predicted octanol–water partition coefficient (Wildman–Crippen LogP) is 2.86. The van der Waals surface area contributed by atoms with Crippen molar-refractivity contribution in [2.45, 2.75) is 45.1 Å². The molecule has 0 spiro atoms. The molecule has 1 saturated heterocycles. The van der Waals surface area contributed by atoms with Gasteiger partial charge in [0, 0.05) is 45.0 Å². The van der Waals surface area contributed by atoms with Gasteiger partial charge in [-0.25, -0.2) is 13.2 Å². The van der Waals surface area contributed by atoms with Crippen LogP contribution >= 0.6 is 11.6 Å². The van der Waals surface area contributed by atoms with Gasteiger partial charge >= 0.3 is 6.09 Å². The molecule has 1 N–H and O–H groups in total. The molecule has 0 atom stereocenters. The molecular weight excluding hydrogens is 456 g/mol. The molecule has 0 unspecified atom stereocenters. The average Bonchev–Trinajstić information content (AvgIpc) is 2.72. The lowest BCUT2D eigenvalue weighted by Crippen LogP contribution is -2.52. The summed E-state index contributed by atoms with van der Waals surface area (Å²) in [6, 6.07) is 4.59. The fourth-order valence-electron chi connectivity index (χ4n) is 3.27. The molecule has 1 aromatic rings. The summed E-state index contributed by atoms with van der Waals surface area (Å²) in [4.78, 5) is 28.0. The van der Waals surface area contributed by atoms with Crippen LogP contribution in [0.3, 0.4) is 0 Å². The quantitative estimate of drug-likeness (QED) is 0.633. The lowest BCUT2D eigenvalue weighted by Gasteiger charge is -2.35. The normalized spacial score (nSPS) is 15.1. The number of anilines is 1. The third-order valence-corrected chi connectivity index (χ3v) is 7.51. The van der Waals surface area contributed by atoms with Gasteiger partial charge in [0.05, 0.1) is 11.6 Å². The van der Waals surface area contributed by atoms with Crippen molar-refractivity contribution in [3.63, 3.8) is 0 Å². The first-order valence-electron chi connectivity index (χ1n) is 10.7. The summed E-state index contributed by atoms with van der Waals surface area (Å²) >= 11 is 6.15. The first-order chi connectivity index (χ1) is 14.9. The highest BCUT2D eigenvalue weighted by molar-refractivity contribution is 7.89. The first-order valence-corrected chi connectivity index (χ1v) is 12.5. The Balaban J connectivity index is 1.96. The van der Waals surface area contributed by atoms with Crippen molar-refractivity contribution in [1.82, 2.24) is 14.1 Å². The number of carbonyl (C=O) groups is 2. The van der Waals surface area contributed by atoms with Crippen molar-refractivity contribution in [3.05, 3.63) is 23.2 Å². The van der Waals surface area contributed by atoms with Crippen LogP contribution < -0.4 is 5.32 Å². The van der Waals surface area contributed by atoms with Crippen LogP contribution in [-0.4, -0.2) is 85.9 Å². The van der Waals surface area contributed by atoms with Crippen molar-refractivity contribution in [3.8, 4) is 0 Å². The zero-order valence-corrected chi connectivity index (χ0v) is 20.9. The second-order valence-electron chi connectivity index (χ2n) is 8.44. The largest absolute Gasteiger partial charge is 0.444 e. The standard InChI is InChI=1S/C21H33ClN4O5S/c1-6-26(7-2)32(29,30)18-14-16(8-9-17(18)22)23-15-19(27)24-10-12-25(13-11-24)20(28)31-21(3,4)5/h8-9,14,23H,6-7,10-13,15H2,1-5H3. The van der Waals surface area contributed by atoms with Crippen molar-refractivity contribution in [2.24, 2.45) is 0 Å². The van der Waals surface area contributed by atoms with Gasteiger partial charge in [-0.15, -0.1) is 0 Å². The molecule has 11 heteroatoms. The van der Waals surface area contributed by atoms with E-state index in [2.05, 4.69) is 5.32 Å². The van der Waals surface area contributed by atoms with E-state index >= 15 is 0 Å². The highest BCUT2D eigenvalue weighted by Crippen LogP contribution is 2.27. The average molecular weight is 489 g/mol. The minimum Gasteiger partial charge on any atom is -0.444 e. The molecule has 1 heterocycles. The van der Waals surface area contributed by atoms with E-state index in [1.807, 2.05) is 20.8 Å². The number of rotatable bonds is 7. The predicted molar refractivity (Wildman–Crippen MR) is 124 cm³/mol. The van der Waals surface area contributed by atoms with E-state index in [1.165, 1.54) is 16.4 Å². The zero-order valence-electron chi connectivity index (χ0n) is 19.4. The summed E-state index contributed by atoms with van der Waals surface area (Å²) in [7, 11) is -3.72. The molecule has 0 saturated carbocycles. The minimum atomic E-state index is -3.72. The summed E-state index contributed by atoms with van der Waals surface area (Å²) in [5.74, 6) is -0.142. The molecule has 2 amide bonds. The van der Waals surface area contributed by atoms with E-state index < -0.39 is 15.6 Å². The number of carbonyl (C=O) groups excluding carboxylic acids is 2. The number of sulfonamides is 1. The number of hydrogen-bond donors (Lipinski definition) is 1. The summed E-state index contributed by atoms with van der Waals surface area (Å²) in [6.45, 7) is 11.2. The molecule has 1 aromatic carbocycles. The molecule has 0 aliphatic carbocycles. The first kappa shape index (κ1) is 26.2. The molecule has 1 fully saturated rings. The number of ether oxygens (including phenoxy) is 1. The number of piperazine rings is 1. The minimum absolute atomic E-state index is 0.00116. The number of hydrogen-bond acceptors (Lipinski definition) is 6. The molecule has 180 valence electrons. The third-order valence-electron chi connectivity index (χ3n) is 4.98. The second kappa shape index (κ2) is 10.7. The number of halogens is 1. The fraction of sp³-hybridized carbons (Fsp3) is 0.619. The van der Waals surface area contributed by atoms with Gasteiger partial charge in [0.1, 0.15) is 10.5 Å². The summed E-state index contributed by atoms with van der Waals surface area (Å²) in [5, 5.41) is 3.11. The van der Waals surface area contributed by atoms with E-state index in [4.69, 9.17) is 16.3 Å². The van der Waals surface area contributed by atoms with Crippen molar-refractivity contribution in [2.75, 3.05) is 51.1 Å². The molecule has 9 nitrogen and oxygen atoms in total. The van der Waals surface area contributed by atoms with Crippen LogP contribution in [0.5, 0.6) is 0 Å².